The van der Waals surface area contributed by atoms with Gasteiger partial charge in [0.1, 0.15) is 6.04 Å². The van der Waals surface area contributed by atoms with E-state index in [0.29, 0.717) is 10.9 Å². The van der Waals surface area contributed by atoms with Crippen molar-refractivity contribution in [1.82, 2.24) is 15.1 Å². The summed E-state index contributed by atoms with van der Waals surface area (Å²) in [5.74, 6) is 0.919. The summed E-state index contributed by atoms with van der Waals surface area (Å²) in [5.41, 5.74) is 0.287. The number of hydrogen-bond acceptors (Lipinski definition) is 3. The summed E-state index contributed by atoms with van der Waals surface area (Å²) >= 11 is 12.1. The summed E-state index contributed by atoms with van der Waals surface area (Å²) in [6, 6.07) is 4.31. The summed E-state index contributed by atoms with van der Waals surface area (Å²) < 4.78 is 0. The molecule has 1 aromatic rings. The van der Waals surface area contributed by atoms with Crippen molar-refractivity contribution in [2.24, 2.45) is 11.8 Å². The third-order valence-electron chi connectivity index (χ3n) is 6.14. The van der Waals surface area contributed by atoms with Crippen molar-refractivity contribution in [1.29, 1.82) is 0 Å². The highest BCUT2D eigenvalue weighted by Crippen LogP contribution is 2.26. The molecule has 2 fully saturated rings. The first-order valence-corrected chi connectivity index (χ1v) is 11.4. The number of nitrogens with zero attached hydrogens (tertiary/aromatic N) is 2. The van der Waals surface area contributed by atoms with Crippen molar-refractivity contribution in [3.63, 3.8) is 0 Å². The van der Waals surface area contributed by atoms with Crippen LogP contribution in [0.2, 0.25) is 10.0 Å². The molecule has 5 nitrogen and oxygen atoms in total. The Bertz CT molecular complexity index is 735. The second-order valence-corrected chi connectivity index (χ2v) is 9.36. The smallest absolute Gasteiger partial charge is 0.253 e. The van der Waals surface area contributed by atoms with Crippen LogP contribution in [0.25, 0.3) is 0 Å². The van der Waals surface area contributed by atoms with Crippen LogP contribution in [0.1, 0.15) is 49.9 Å². The number of carbonyl (C=O) groups excluding carboxylic acids is 2. The van der Waals surface area contributed by atoms with E-state index in [-0.39, 0.29) is 22.4 Å². The van der Waals surface area contributed by atoms with Crippen LogP contribution in [0.5, 0.6) is 0 Å². The van der Waals surface area contributed by atoms with E-state index >= 15 is 0 Å². The van der Waals surface area contributed by atoms with E-state index in [2.05, 4.69) is 17.1 Å². The maximum absolute atomic E-state index is 12.9. The molecule has 2 amide bonds. The Morgan fingerprint density at radius 2 is 1.90 bits per heavy atom. The molecule has 1 N–H and O–H groups in total. The minimum Gasteiger partial charge on any atom is -0.341 e. The molecule has 7 heteroatoms. The monoisotopic (exact) mass is 439 g/mol. The summed E-state index contributed by atoms with van der Waals surface area (Å²) in [7, 11) is 0. The number of hydrogen-bond donors (Lipinski definition) is 1. The lowest BCUT2D eigenvalue weighted by atomic mass is 9.94. The fraction of sp³-hybridized carbons (Fsp3) is 0.636. The Morgan fingerprint density at radius 1 is 1.17 bits per heavy atom. The molecule has 0 radical (unpaired) electrons. The van der Waals surface area contributed by atoms with Gasteiger partial charge in [0.2, 0.25) is 5.91 Å². The number of rotatable bonds is 5. The van der Waals surface area contributed by atoms with Crippen molar-refractivity contribution in [3.8, 4) is 0 Å². The van der Waals surface area contributed by atoms with Gasteiger partial charge in [0.25, 0.3) is 5.91 Å². The largest absolute Gasteiger partial charge is 0.341 e. The predicted molar refractivity (Wildman–Crippen MR) is 118 cm³/mol. The third-order valence-corrected chi connectivity index (χ3v) is 6.96. The van der Waals surface area contributed by atoms with Crippen LogP contribution in [0.4, 0.5) is 0 Å². The Hall–Kier alpha value is -1.30. The second-order valence-electron chi connectivity index (χ2n) is 8.57. The van der Waals surface area contributed by atoms with Crippen molar-refractivity contribution < 1.29 is 9.59 Å². The quantitative estimate of drug-likeness (QED) is 0.751. The van der Waals surface area contributed by atoms with Gasteiger partial charge in [0.15, 0.2) is 0 Å². The van der Waals surface area contributed by atoms with Gasteiger partial charge in [-0.1, -0.05) is 36.2 Å². The highest BCUT2D eigenvalue weighted by Gasteiger charge is 2.29. The Morgan fingerprint density at radius 3 is 2.62 bits per heavy atom. The molecule has 160 valence electrons. The van der Waals surface area contributed by atoms with Gasteiger partial charge >= 0.3 is 0 Å². The lowest BCUT2D eigenvalue weighted by Gasteiger charge is -2.38. The van der Waals surface area contributed by atoms with E-state index in [0.717, 1.165) is 38.4 Å². The number of benzene rings is 1. The van der Waals surface area contributed by atoms with Crippen LogP contribution in [0.3, 0.4) is 0 Å². The van der Waals surface area contributed by atoms with E-state index in [9.17, 15) is 9.59 Å². The van der Waals surface area contributed by atoms with Crippen molar-refractivity contribution in [2.75, 3.05) is 32.7 Å². The topological polar surface area (TPSA) is 52.6 Å². The number of halogens is 2. The normalized spacial score (nSPS) is 22.3. The van der Waals surface area contributed by atoms with Crippen LogP contribution >= 0.6 is 23.2 Å². The van der Waals surface area contributed by atoms with Crippen LogP contribution in [0, 0.1) is 11.8 Å². The third kappa shape index (κ3) is 5.87. The fourth-order valence-corrected chi connectivity index (χ4v) is 4.70. The summed E-state index contributed by atoms with van der Waals surface area (Å²) in [6.07, 6.45) is 4.71. The molecule has 3 rings (SSSR count). The molecular formula is C22H31Cl2N3O2. The van der Waals surface area contributed by atoms with Crippen molar-refractivity contribution in [3.05, 3.63) is 33.8 Å². The van der Waals surface area contributed by atoms with Gasteiger partial charge in [-0.25, -0.2) is 0 Å². The second kappa shape index (κ2) is 10.1. The standard InChI is InChI=1S/C22H31Cl2N3O2/c1-15-8-11-26(12-9-15)13-17-5-4-10-27(14-17)22(29)16(2)25-21(28)18-6-3-7-19(23)20(18)24/h3,6-7,15-17H,4-5,8-14H2,1-2H3,(H,25,28). The highest BCUT2D eigenvalue weighted by molar-refractivity contribution is 6.43. The van der Waals surface area contributed by atoms with E-state index in [1.54, 1.807) is 25.1 Å². The zero-order valence-corrected chi connectivity index (χ0v) is 18.8. The molecule has 2 unspecified atom stereocenters. The van der Waals surface area contributed by atoms with Gasteiger partial charge in [-0.2, -0.15) is 0 Å². The van der Waals surface area contributed by atoms with E-state index in [1.807, 2.05) is 4.90 Å². The zero-order chi connectivity index (χ0) is 21.0. The molecule has 0 aliphatic carbocycles. The first-order valence-electron chi connectivity index (χ1n) is 10.6. The summed E-state index contributed by atoms with van der Waals surface area (Å²) in [4.78, 5) is 29.9. The van der Waals surface area contributed by atoms with Crippen LogP contribution in [-0.4, -0.2) is 60.4 Å². The molecule has 2 aliphatic rings. The van der Waals surface area contributed by atoms with Crippen LogP contribution < -0.4 is 5.32 Å². The maximum atomic E-state index is 12.9. The first kappa shape index (κ1) is 22.4. The number of carbonyl (C=O) groups is 2. The first-order chi connectivity index (χ1) is 13.8. The van der Waals surface area contributed by atoms with Crippen molar-refractivity contribution in [2.45, 2.75) is 45.6 Å². The molecule has 2 aliphatic heterocycles. The van der Waals surface area contributed by atoms with Gasteiger partial charge in [0, 0.05) is 19.6 Å². The minimum atomic E-state index is -0.605. The summed E-state index contributed by atoms with van der Waals surface area (Å²) in [6.45, 7) is 8.97. The molecule has 0 spiro atoms. The van der Waals surface area contributed by atoms with Gasteiger partial charge in [-0.15, -0.1) is 0 Å². The average Bonchev–Trinajstić information content (AvgIpc) is 2.71. The zero-order valence-electron chi connectivity index (χ0n) is 17.3. The number of likely N-dealkylation sites (tertiary alicyclic amines) is 2. The molecule has 0 aromatic heterocycles. The lowest BCUT2D eigenvalue weighted by Crippen LogP contribution is -2.51. The van der Waals surface area contributed by atoms with Gasteiger partial charge in [-0.3, -0.25) is 9.59 Å². The maximum Gasteiger partial charge on any atom is 0.253 e. The highest BCUT2D eigenvalue weighted by atomic mass is 35.5. The SMILES string of the molecule is CC1CCN(CC2CCCN(C(=O)C(C)NC(=O)c3cccc(Cl)c3Cl)C2)CC1. The average molecular weight is 440 g/mol. The Balaban J connectivity index is 1.53. The van der Waals surface area contributed by atoms with Gasteiger partial charge < -0.3 is 15.1 Å². The Kier molecular flexibility index (Phi) is 7.83. The molecule has 1 aromatic carbocycles. The predicted octanol–water partition coefficient (Wildman–Crippen LogP) is 4.08. The molecular weight excluding hydrogens is 409 g/mol. The number of nitrogens with one attached hydrogen (secondary N) is 1. The Labute approximate surface area is 183 Å². The van der Waals surface area contributed by atoms with E-state index in [4.69, 9.17) is 23.2 Å². The molecule has 2 saturated heterocycles. The van der Waals surface area contributed by atoms with E-state index < -0.39 is 6.04 Å². The number of piperidine rings is 2. The molecule has 0 saturated carbocycles. The van der Waals surface area contributed by atoms with Crippen LogP contribution in [0.15, 0.2) is 18.2 Å². The number of amides is 2. The molecule has 2 heterocycles. The minimum absolute atomic E-state index is 0.0338. The lowest BCUT2D eigenvalue weighted by molar-refractivity contribution is -0.134. The van der Waals surface area contributed by atoms with Crippen LogP contribution in [-0.2, 0) is 4.79 Å². The molecule has 2 atom stereocenters. The summed E-state index contributed by atoms with van der Waals surface area (Å²) in [5, 5.41) is 3.31. The van der Waals surface area contributed by atoms with Crippen molar-refractivity contribution >= 4 is 35.0 Å². The van der Waals surface area contributed by atoms with E-state index in [1.165, 1.54) is 25.9 Å². The van der Waals surface area contributed by atoms with Gasteiger partial charge in [-0.05, 0) is 69.7 Å². The fourth-order valence-electron chi connectivity index (χ4n) is 4.31. The molecule has 0 bridgehead atoms. The molecule has 29 heavy (non-hydrogen) atoms. The van der Waals surface area contributed by atoms with Gasteiger partial charge in [0.05, 0.1) is 15.6 Å².